The molecule has 184 valence electrons. The third-order valence-electron chi connectivity index (χ3n) is 5.19. The Balaban J connectivity index is 1.51. The van der Waals surface area contributed by atoms with Crippen molar-refractivity contribution < 1.29 is 14.3 Å². The van der Waals surface area contributed by atoms with E-state index in [4.69, 9.17) is 9.47 Å². The summed E-state index contributed by atoms with van der Waals surface area (Å²) in [5, 5.41) is 13.5. The monoisotopic (exact) mass is 565 g/mol. The van der Waals surface area contributed by atoms with E-state index < -0.39 is 0 Å². The molecule has 0 saturated carbocycles. The third-order valence-corrected chi connectivity index (χ3v) is 6.61. The molecule has 4 rings (SSSR count). The van der Waals surface area contributed by atoms with Crippen LogP contribution in [0.25, 0.3) is 17.1 Å². The molecule has 0 unspecified atom stereocenters. The van der Waals surface area contributed by atoms with Crippen LogP contribution >= 0.6 is 27.7 Å². The highest BCUT2D eigenvalue weighted by atomic mass is 79.9. The summed E-state index contributed by atoms with van der Waals surface area (Å²) in [6.45, 7) is 2.03. The van der Waals surface area contributed by atoms with Crippen LogP contribution in [0, 0.1) is 6.92 Å². The molecule has 0 aliphatic rings. The topological polar surface area (TPSA) is 90.6 Å². The molecule has 0 radical (unpaired) electrons. The minimum atomic E-state index is -0.269. The normalized spacial score (nSPS) is 11.0. The molecular formula is C26H24BrN5O3S. The van der Waals surface area contributed by atoms with Crippen molar-refractivity contribution in [1.29, 1.82) is 0 Å². The number of aromatic nitrogens is 3. The molecule has 0 aliphatic carbocycles. The number of rotatable bonds is 9. The number of amides is 1. The first-order valence-electron chi connectivity index (χ1n) is 10.9. The number of hydrogen-bond donors (Lipinski definition) is 1. The first-order chi connectivity index (χ1) is 17.5. The summed E-state index contributed by atoms with van der Waals surface area (Å²) in [6, 6.07) is 21.2. The van der Waals surface area contributed by atoms with E-state index in [0.717, 1.165) is 32.6 Å². The molecule has 0 atom stereocenters. The van der Waals surface area contributed by atoms with Crippen LogP contribution in [0.3, 0.4) is 0 Å². The SMILES string of the molecule is COc1ccc(-c2nnc(SCC(=O)NN=Cc3cc(Br)ccc3OC)n2-c2ccc(C)cc2)cc1. The van der Waals surface area contributed by atoms with Crippen molar-refractivity contribution in [3.05, 3.63) is 82.3 Å². The molecule has 1 N–H and O–H groups in total. The van der Waals surface area contributed by atoms with E-state index in [2.05, 4.69) is 36.7 Å². The number of nitrogens with one attached hydrogen (secondary N) is 1. The molecule has 36 heavy (non-hydrogen) atoms. The van der Waals surface area contributed by atoms with Crippen molar-refractivity contribution in [1.82, 2.24) is 20.2 Å². The van der Waals surface area contributed by atoms with E-state index in [9.17, 15) is 4.79 Å². The second-order valence-electron chi connectivity index (χ2n) is 7.67. The van der Waals surface area contributed by atoms with Gasteiger partial charge in [0.05, 0.1) is 26.2 Å². The summed E-state index contributed by atoms with van der Waals surface area (Å²) in [6.07, 6.45) is 1.54. The highest BCUT2D eigenvalue weighted by Gasteiger charge is 2.17. The highest BCUT2D eigenvalue weighted by molar-refractivity contribution is 9.10. The van der Waals surface area contributed by atoms with E-state index in [1.165, 1.54) is 11.8 Å². The van der Waals surface area contributed by atoms with Gasteiger partial charge in [0, 0.05) is 21.3 Å². The van der Waals surface area contributed by atoms with Crippen LogP contribution < -0.4 is 14.9 Å². The molecular weight excluding hydrogens is 542 g/mol. The van der Waals surface area contributed by atoms with Gasteiger partial charge in [0.15, 0.2) is 11.0 Å². The predicted molar refractivity (Wildman–Crippen MR) is 145 cm³/mol. The number of thioether (sulfide) groups is 1. The Morgan fingerprint density at radius 2 is 1.81 bits per heavy atom. The second-order valence-corrected chi connectivity index (χ2v) is 9.53. The Morgan fingerprint density at radius 3 is 2.50 bits per heavy atom. The summed E-state index contributed by atoms with van der Waals surface area (Å²) >= 11 is 4.70. The van der Waals surface area contributed by atoms with E-state index in [1.807, 2.05) is 78.2 Å². The van der Waals surface area contributed by atoms with Gasteiger partial charge in [-0.25, -0.2) is 5.43 Å². The first kappa shape index (κ1) is 25.5. The molecule has 8 nitrogen and oxygen atoms in total. The lowest BCUT2D eigenvalue weighted by Crippen LogP contribution is -2.20. The van der Waals surface area contributed by atoms with Gasteiger partial charge in [-0.05, 0) is 61.5 Å². The maximum Gasteiger partial charge on any atom is 0.250 e. The van der Waals surface area contributed by atoms with Gasteiger partial charge in [0.2, 0.25) is 0 Å². The largest absolute Gasteiger partial charge is 0.497 e. The van der Waals surface area contributed by atoms with Crippen LogP contribution in [0.4, 0.5) is 0 Å². The summed E-state index contributed by atoms with van der Waals surface area (Å²) < 4.78 is 13.4. The number of halogens is 1. The molecule has 0 fully saturated rings. The van der Waals surface area contributed by atoms with Crippen LogP contribution in [0.1, 0.15) is 11.1 Å². The van der Waals surface area contributed by atoms with Gasteiger partial charge in [-0.3, -0.25) is 9.36 Å². The average molecular weight is 566 g/mol. The van der Waals surface area contributed by atoms with E-state index in [-0.39, 0.29) is 11.7 Å². The van der Waals surface area contributed by atoms with E-state index in [0.29, 0.717) is 16.7 Å². The quantitative estimate of drug-likeness (QED) is 0.169. The molecule has 3 aromatic carbocycles. The minimum Gasteiger partial charge on any atom is -0.497 e. The number of methoxy groups -OCH3 is 2. The Bertz CT molecular complexity index is 1370. The third kappa shape index (κ3) is 6.13. The summed E-state index contributed by atoms with van der Waals surface area (Å²) in [7, 11) is 3.21. The lowest BCUT2D eigenvalue weighted by atomic mass is 10.2. The summed E-state index contributed by atoms with van der Waals surface area (Å²) in [5.41, 5.74) is 6.23. The predicted octanol–water partition coefficient (Wildman–Crippen LogP) is 5.26. The van der Waals surface area contributed by atoms with Crippen molar-refractivity contribution in [3.63, 3.8) is 0 Å². The Hall–Kier alpha value is -3.63. The van der Waals surface area contributed by atoms with Crippen molar-refractivity contribution in [2.45, 2.75) is 12.1 Å². The van der Waals surface area contributed by atoms with Crippen LogP contribution in [0.15, 0.2) is 81.5 Å². The maximum absolute atomic E-state index is 12.5. The fraction of sp³-hybridized carbons (Fsp3) is 0.154. The second kappa shape index (κ2) is 11.9. The zero-order chi connectivity index (χ0) is 25.5. The van der Waals surface area contributed by atoms with Gasteiger partial charge < -0.3 is 9.47 Å². The number of nitrogens with zero attached hydrogens (tertiary/aromatic N) is 4. The first-order valence-corrected chi connectivity index (χ1v) is 12.7. The Morgan fingerprint density at radius 1 is 1.06 bits per heavy atom. The molecule has 0 spiro atoms. The van der Waals surface area contributed by atoms with Gasteiger partial charge >= 0.3 is 0 Å². The molecule has 0 aliphatic heterocycles. The number of benzene rings is 3. The number of hydrogen-bond acceptors (Lipinski definition) is 7. The van der Waals surface area contributed by atoms with Gasteiger partial charge in [-0.15, -0.1) is 10.2 Å². The molecule has 10 heteroatoms. The van der Waals surface area contributed by atoms with Crippen molar-refractivity contribution >= 4 is 39.8 Å². The number of carbonyl (C=O) groups is 1. The lowest BCUT2D eigenvalue weighted by Gasteiger charge is -2.11. The van der Waals surface area contributed by atoms with E-state index >= 15 is 0 Å². The average Bonchev–Trinajstić information content (AvgIpc) is 3.32. The van der Waals surface area contributed by atoms with Crippen molar-refractivity contribution in [3.8, 4) is 28.6 Å². The van der Waals surface area contributed by atoms with Gasteiger partial charge in [0.1, 0.15) is 11.5 Å². The number of aryl methyl sites for hydroxylation is 1. The molecule has 4 aromatic rings. The highest BCUT2D eigenvalue weighted by Crippen LogP contribution is 2.29. The maximum atomic E-state index is 12.5. The van der Waals surface area contributed by atoms with Gasteiger partial charge in [-0.1, -0.05) is 45.4 Å². The Labute approximate surface area is 221 Å². The van der Waals surface area contributed by atoms with Crippen LogP contribution in [0.2, 0.25) is 0 Å². The zero-order valence-corrected chi connectivity index (χ0v) is 22.3. The molecule has 1 aromatic heterocycles. The summed E-state index contributed by atoms with van der Waals surface area (Å²) in [5.74, 6) is 1.92. The van der Waals surface area contributed by atoms with Crippen LogP contribution in [-0.2, 0) is 4.79 Å². The number of hydrazone groups is 1. The smallest absolute Gasteiger partial charge is 0.250 e. The standard InChI is InChI=1S/C26H24BrN5O3S/c1-17-4-9-21(10-5-17)32-25(18-6-11-22(34-2)12-7-18)30-31-26(32)36-16-24(33)29-28-15-19-14-20(27)8-13-23(19)35-3/h4-15H,16H2,1-3H3,(H,29,33). The minimum absolute atomic E-state index is 0.111. The fourth-order valence-electron chi connectivity index (χ4n) is 3.36. The molecule has 0 bridgehead atoms. The van der Waals surface area contributed by atoms with E-state index in [1.54, 1.807) is 20.4 Å². The zero-order valence-electron chi connectivity index (χ0n) is 19.9. The van der Waals surface area contributed by atoms with Crippen molar-refractivity contribution in [2.24, 2.45) is 5.10 Å². The van der Waals surface area contributed by atoms with Crippen molar-refractivity contribution in [2.75, 3.05) is 20.0 Å². The molecule has 0 saturated heterocycles. The molecule has 1 amide bonds. The van der Waals surface area contributed by atoms with Gasteiger partial charge in [0.25, 0.3) is 5.91 Å². The van der Waals surface area contributed by atoms with Crippen LogP contribution in [-0.4, -0.2) is 46.9 Å². The lowest BCUT2D eigenvalue weighted by molar-refractivity contribution is -0.118. The number of ether oxygens (including phenoxy) is 2. The van der Waals surface area contributed by atoms with Gasteiger partial charge in [-0.2, -0.15) is 5.10 Å². The Kier molecular flexibility index (Phi) is 8.40. The number of carbonyl (C=O) groups excluding carboxylic acids is 1. The van der Waals surface area contributed by atoms with Crippen LogP contribution in [0.5, 0.6) is 11.5 Å². The summed E-state index contributed by atoms with van der Waals surface area (Å²) in [4.78, 5) is 12.5. The fourth-order valence-corrected chi connectivity index (χ4v) is 4.48. The molecule has 1 heterocycles.